The molecule has 1 aromatic carbocycles. The van der Waals surface area contributed by atoms with Gasteiger partial charge >= 0.3 is 5.97 Å². The Bertz CT molecular complexity index is 632. The van der Waals surface area contributed by atoms with Crippen LogP contribution >= 0.6 is 0 Å². The minimum absolute atomic E-state index is 0.0760. The van der Waals surface area contributed by atoms with Crippen LogP contribution in [0.1, 0.15) is 38.1 Å². The fourth-order valence-electron chi connectivity index (χ4n) is 1.84. The molecule has 0 unspecified atom stereocenters. The minimum Gasteiger partial charge on any atom is -0.449 e. The zero-order valence-corrected chi connectivity index (χ0v) is 15.1. The predicted molar refractivity (Wildman–Crippen MR) is 92.6 cm³/mol. The molecule has 0 aliphatic rings. The van der Waals surface area contributed by atoms with Crippen molar-refractivity contribution >= 4 is 17.6 Å². The highest BCUT2D eigenvalue weighted by atomic mass is 16.5. The van der Waals surface area contributed by atoms with Gasteiger partial charge in [0.25, 0.3) is 5.91 Å². The van der Waals surface area contributed by atoms with E-state index in [9.17, 15) is 14.9 Å². The Morgan fingerprint density at radius 2 is 1.75 bits per heavy atom. The summed E-state index contributed by atoms with van der Waals surface area (Å²) in [5.41, 5.74) is 0.316. The highest BCUT2D eigenvalue weighted by Gasteiger charge is 2.32. The van der Waals surface area contributed by atoms with Crippen molar-refractivity contribution in [3.63, 3.8) is 0 Å². The molecule has 0 aliphatic carbocycles. The van der Waals surface area contributed by atoms with Gasteiger partial charge in [-0.1, -0.05) is 13.8 Å². The van der Waals surface area contributed by atoms with E-state index < -0.39 is 23.5 Å². The summed E-state index contributed by atoms with van der Waals surface area (Å²) in [4.78, 5) is 26.2. The number of nitrogens with zero attached hydrogens (tertiary/aromatic N) is 2. The van der Waals surface area contributed by atoms with E-state index in [4.69, 9.17) is 4.74 Å². The third-order valence-electron chi connectivity index (χ3n) is 4.04. The number of rotatable bonds is 6. The van der Waals surface area contributed by atoms with Crippen LogP contribution in [0, 0.1) is 17.2 Å². The Balaban J connectivity index is 2.73. The molecule has 0 bridgehead atoms. The van der Waals surface area contributed by atoms with Crippen LogP contribution in [0.3, 0.4) is 0 Å². The first-order chi connectivity index (χ1) is 11.1. The number of nitrogens with one attached hydrogen (secondary N) is 1. The maximum absolute atomic E-state index is 12.2. The van der Waals surface area contributed by atoms with Gasteiger partial charge in [-0.05, 0) is 44.0 Å². The zero-order valence-electron chi connectivity index (χ0n) is 15.1. The average molecular weight is 331 g/mol. The summed E-state index contributed by atoms with van der Waals surface area (Å²) >= 11 is 0. The molecule has 0 spiro atoms. The third kappa shape index (κ3) is 4.72. The van der Waals surface area contributed by atoms with Crippen LogP contribution in [0.25, 0.3) is 0 Å². The van der Waals surface area contributed by atoms with Gasteiger partial charge in [0.1, 0.15) is 5.54 Å². The number of amides is 1. The van der Waals surface area contributed by atoms with Crippen molar-refractivity contribution in [1.82, 2.24) is 5.32 Å². The number of hydrogen-bond acceptors (Lipinski definition) is 5. The first kappa shape index (κ1) is 19.5. The Morgan fingerprint density at radius 3 is 2.17 bits per heavy atom. The summed E-state index contributed by atoms with van der Waals surface area (Å²) < 4.78 is 5.19. The molecule has 1 aromatic rings. The maximum Gasteiger partial charge on any atom is 0.338 e. The summed E-state index contributed by atoms with van der Waals surface area (Å²) in [6.45, 7) is 6.81. The lowest BCUT2D eigenvalue weighted by molar-refractivity contribution is -0.130. The summed E-state index contributed by atoms with van der Waals surface area (Å²) in [6, 6.07) is 8.98. The molecule has 0 aliphatic heterocycles. The van der Waals surface area contributed by atoms with Crippen molar-refractivity contribution in [2.75, 3.05) is 19.0 Å². The van der Waals surface area contributed by atoms with Gasteiger partial charge in [-0.3, -0.25) is 4.79 Å². The van der Waals surface area contributed by atoms with Gasteiger partial charge in [0.15, 0.2) is 6.10 Å². The SMILES string of the molecule is CC(C)[C@](C)(C#N)NC(=O)[C@H](C)OC(=O)c1ccc(N(C)C)cc1. The predicted octanol–water partition coefficient (Wildman–Crippen LogP) is 2.35. The monoisotopic (exact) mass is 331 g/mol. The average Bonchev–Trinajstić information content (AvgIpc) is 2.54. The Hall–Kier alpha value is -2.55. The molecular formula is C18H25N3O3. The second kappa shape index (κ2) is 7.82. The standard InChI is InChI=1S/C18H25N3O3/c1-12(2)18(4,11-19)20-16(22)13(3)24-17(23)14-7-9-15(10-8-14)21(5)6/h7-10,12-13H,1-6H3,(H,20,22)/t13-,18-/m0/s1. The molecule has 0 radical (unpaired) electrons. The smallest absolute Gasteiger partial charge is 0.338 e. The van der Waals surface area contributed by atoms with Gasteiger partial charge in [0, 0.05) is 19.8 Å². The molecular weight excluding hydrogens is 306 g/mol. The number of esters is 1. The van der Waals surface area contributed by atoms with Crippen molar-refractivity contribution in [1.29, 1.82) is 5.26 Å². The van der Waals surface area contributed by atoms with Crippen LogP contribution in [-0.4, -0.2) is 37.6 Å². The molecule has 0 saturated carbocycles. The number of anilines is 1. The Morgan fingerprint density at radius 1 is 1.21 bits per heavy atom. The van der Waals surface area contributed by atoms with Gasteiger partial charge in [0.2, 0.25) is 0 Å². The summed E-state index contributed by atoms with van der Waals surface area (Å²) in [6.07, 6.45) is -0.988. The van der Waals surface area contributed by atoms with Crippen molar-refractivity contribution in [2.45, 2.75) is 39.3 Å². The van der Waals surface area contributed by atoms with Crippen LogP contribution in [0.2, 0.25) is 0 Å². The molecule has 2 atom stereocenters. The van der Waals surface area contributed by atoms with Gasteiger partial charge in [-0.25, -0.2) is 4.79 Å². The molecule has 0 aromatic heterocycles. The molecule has 0 fully saturated rings. The van der Waals surface area contributed by atoms with Gasteiger partial charge < -0.3 is 15.0 Å². The summed E-state index contributed by atoms with van der Waals surface area (Å²) in [5, 5.41) is 11.9. The lowest BCUT2D eigenvalue weighted by Gasteiger charge is -2.28. The maximum atomic E-state index is 12.2. The van der Waals surface area contributed by atoms with E-state index in [1.165, 1.54) is 6.92 Å². The third-order valence-corrected chi connectivity index (χ3v) is 4.04. The number of carbonyl (C=O) groups excluding carboxylic acids is 2. The van der Waals surface area contributed by atoms with Crippen LogP contribution in [0.15, 0.2) is 24.3 Å². The van der Waals surface area contributed by atoms with Crippen LogP contribution in [0.4, 0.5) is 5.69 Å². The molecule has 130 valence electrons. The fourth-order valence-corrected chi connectivity index (χ4v) is 1.84. The van der Waals surface area contributed by atoms with Crippen LogP contribution in [-0.2, 0) is 9.53 Å². The van der Waals surface area contributed by atoms with E-state index in [1.54, 1.807) is 31.2 Å². The zero-order chi connectivity index (χ0) is 18.5. The van der Waals surface area contributed by atoms with Crippen molar-refractivity contribution < 1.29 is 14.3 Å². The topological polar surface area (TPSA) is 82.4 Å². The normalized spacial score (nSPS) is 14.2. The van der Waals surface area contributed by atoms with Crippen LogP contribution < -0.4 is 10.2 Å². The van der Waals surface area contributed by atoms with E-state index in [-0.39, 0.29) is 5.92 Å². The van der Waals surface area contributed by atoms with Crippen molar-refractivity contribution in [3.8, 4) is 6.07 Å². The first-order valence-electron chi connectivity index (χ1n) is 7.82. The number of hydrogen-bond donors (Lipinski definition) is 1. The number of nitriles is 1. The highest BCUT2D eigenvalue weighted by molar-refractivity contribution is 5.92. The van der Waals surface area contributed by atoms with Gasteiger partial charge in [-0.2, -0.15) is 5.26 Å². The largest absolute Gasteiger partial charge is 0.449 e. The van der Waals surface area contributed by atoms with Gasteiger partial charge in [-0.15, -0.1) is 0 Å². The molecule has 0 heterocycles. The molecule has 1 amide bonds. The van der Waals surface area contributed by atoms with E-state index in [0.29, 0.717) is 5.56 Å². The van der Waals surface area contributed by atoms with E-state index >= 15 is 0 Å². The Kier molecular flexibility index (Phi) is 6.35. The molecule has 6 nitrogen and oxygen atoms in total. The second-order valence-electron chi connectivity index (χ2n) is 6.45. The molecule has 1 rings (SSSR count). The lowest BCUT2D eigenvalue weighted by atomic mass is 9.90. The highest BCUT2D eigenvalue weighted by Crippen LogP contribution is 2.16. The Labute approximate surface area is 143 Å². The summed E-state index contributed by atoms with van der Waals surface area (Å²) in [7, 11) is 3.81. The van der Waals surface area contributed by atoms with Crippen LogP contribution in [0.5, 0.6) is 0 Å². The lowest BCUT2D eigenvalue weighted by Crippen LogP contribution is -2.52. The van der Waals surface area contributed by atoms with Crippen molar-refractivity contribution in [3.05, 3.63) is 29.8 Å². The quantitative estimate of drug-likeness (QED) is 0.809. The fraction of sp³-hybridized carbons (Fsp3) is 0.500. The van der Waals surface area contributed by atoms with E-state index in [2.05, 4.69) is 11.4 Å². The molecule has 0 saturated heterocycles. The number of carbonyl (C=O) groups is 2. The number of ether oxygens (including phenoxy) is 1. The molecule has 1 N–H and O–H groups in total. The molecule has 6 heteroatoms. The van der Waals surface area contributed by atoms with Gasteiger partial charge in [0.05, 0.1) is 11.6 Å². The summed E-state index contributed by atoms with van der Waals surface area (Å²) in [5.74, 6) is -1.15. The first-order valence-corrected chi connectivity index (χ1v) is 7.82. The minimum atomic E-state index is -1.01. The van der Waals surface area contributed by atoms with E-state index in [0.717, 1.165) is 5.69 Å². The molecule has 24 heavy (non-hydrogen) atoms. The van der Waals surface area contributed by atoms with E-state index in [1.807, 2.05) is 32.8 Å². The number of benzene rings is 1. The second-order valence-corrected chi connectivity index (χ2v) is 6.45. The van der Waals surface area contributed by atoms with Crippen molar-refractivity contribution in [2.24, 2.45) is 5.92 Å².